The van der Waals surface area contributed by atoms with Crippen molar-refractivity contribution in [1.82, 2.24) is 19.5 Å². The molecule has 4 rings (SSSR count). The number of nitrogens with two attached hydrogens (primary N) is 1. The molecule has 2 atom stereocenters. The van der Waals surface area contributed by atoms with Crippen LogP contribution in [0, 0.1) is 5.41 Å². The zero-order chi connectivity index (χ0) is 19.7. The van der Waals surface area contributed by atoms with E-state index in [1.165, 1.54) is 6.33 Å². The number of aromatic nitrogens is 4. The molecule has 0 saturated heterocycles. The van der Waals surface area contributed by atoms with Gasteiger partial charge in [-0.3, -0.25) is 14.3 Å². The summed E-state index contributed by atoms with van der Waals surface area (Å²) in [5.41, 5.74) is 5.82. The molecule has 1 unspecified atom stereocenters. The van der Waals surface area contributed by atoms with Gasteiger partial charge in [-0.15, -0.1) is 4.52 Å². The standard InChI is InChI=1S/C17H16N5O5P/c18-16-20-14-13(15(24)21-16)19-10-22(14)7-11-6-17(11,8-23)9-26-28(25)27-12-4-2-1-3-5-12/h1-5,7,10,23H,6,8-9H2,(H2-,18,20,21,24)/p+1/b11-7-/t17-/m0/s1. The van der Waals surface area contributed by atoms with E-state index in [9.17, 15) is 14.5 Å². The van der Waals surface area contributed by atoms with Crippen molar-refractivity contribution in [3.05, 3.63) is 52.6 Å². The molecule has 0 radical (unpaired) electrons. The van der Waals surface area contributed by atoms with Crippen molar-refractivity contribution < 1.29 is 18.7 Å². The van der Waals surface area contributed by atoms with Crippen LogP contribution in [0.3, 0.4) is 0 Å². The second-order valence-corrected chi connectivity index (χ2v) is 7.33. The minimum atomic E-state index is -2.37. The number of para-hydroxylation sites is 1. The Kier molecular flexibility index (Phi) is 4.68. The largest absolute Gasteiger partial charge is 0.750 e. The smallest absolute Gasteiger partial charge is 0.395 e. The van der Waals surface area contributed by atoms with Crippen molar-refractivity contribution in [2.45, 2.75) is 6.42 Å². The van der Waals surface area contributed by atoms with E-state index >= 15 is 0 Å². The number of anilines is 1. The molecule has 10 nitrogen and oxygen atoms in total. The third-order valence-corrected chi connectivity index (χ3v) is 5.20. The molecule has 2 aromatic heterocycles. The fourth-order valence-electron chi connectivity index (χ4n) is 2.83. The first-order valence-corrected chi connectivity index (χ1v) is 9.48. The number of nitrogens with one attached hydrogen (secondary N) is 1. The molecule has 0 bridgehead atoms. The van der Waals surface area contributed by atoms with Crippen molar-refractivity contribution in [2.24, 2.45) is 5.41 Å². The predicted octanol–water partition coefficient (Wildman–Crippen LogP) is 1.68. The van der Waals surface area contributed by atoms with E-state index in [0.717, 1.165) is 5.57 Å². The van der Waals surface area contributed by atoms with E-state index in [1.54, 1.807) is 35.0 Å². The van der Waals surface area contributed by atoms with Gasteiger partial charge in [0.15, 0.2) is 16.9 Å². The molecule has 0 spiro atoms. The Hall–Kier alpha value is -3.07. The molecule has 1 aliphatic rings. The van der Waals surface area contributed by atoms with Crippen LogP contribution < -0.4 is 15.8 Å². The topological polar surface area (TPSA) is 145 Å². The number of aliphatic hydroxyl groups excluding tert-OH is 1. The maximum Gasteiger partial charge on any atom is 0.750 e. The van der Waals surface area contributed by atoms with Crippen molar-refractivity contribution in [3.8, 4) is 5.75 Å². The van der Waals surface area contributed by atoms with Crippen LogP contribution in [0.5, 0.6) is 5.75 Å². The average Bonchev–Trinajstić information content (AvgIpc) is 3.22. The van der Waals surface area contributed by atoms with Gasteiger partial charge in [0.2, 0.25) is 5.95 Å². The van der Waals surface area contributed by atoms with Gasteiger partial charge in [-0.1, -0.05) is 18.2 Å². The monoisotopic (exact) mass is 402 g/mol. The molecular weight excluding hydrogens is 385 g/mol. The van der Waals surface area contributed by atoms with Gasteiger partial charge >= 0.3 is 8.25 Å². The quantitative estimate of drug-likeness (QED) is 0.506. The molecule has 1 aliphatic carbocycles. The van der Waals surface area contributed by atoms with Gasteiger partial charge in [0.1, 0.15) is 12.9 Å². The van der Waals surface area contributed by atoms with Crippen LogP contribution in [-0.2, 0) is 9.09 Å². The summed E-state index contributed by atoms with van der Waals surface area (Å²) in [6, 6.07) is 8.68. The Balaban J connectivity index is 1.47. The summed E-state index contributed by atoms with van der Waals surface area (Å²) in [5, 5.41) is 9.79. The number of H-pyrrole nitrogens is 1. The molecular formula is C17H17N5O5P+. The lowest BCUT2D eigenvalue weighted by Crippen LogP contribution is -2.14. The van der Waals surface area contributed by atoms with E-state index in [1.807, 2.05) is 6.07 Å². The number of nitrogens with zero attached hydrogens (tertiary/aromatic N) is 3. The predicted molar refractivity (Wildman–Crippen MR) is 102 cm³/mol. The van der Waals surface area contributed by atoms with Crippen LogP contribution in [-0.4, -0.2) is 37.8 Å². The van der Waals surface area contributed by atoms with Gasteiger partial charge in [-0.25, -0.2) is 9.51 Å². The van der Waals surface area contributed by atoms with E-state index in [0.29, 0.717) is 17.8 Å². The van der Waals surface area contributed by atoms with Crippen molar-refractivity contribution >= 4 is 31.6 Å². The molecule has 4 N–H and O–H groups in total. The fraction of sp³-hybridized carbons (Fsp3) is 0.235. The molecule has 3 aromatic rings. The molecule has 2 heterocycles. The number of hydrogen-bond donors (Lipinski definition) is 3. The Morgan fingerprint density at radius 3 is 2.93 bits per heavy atom. The molecule has 144 valence electrons. The SMILES string of the molecule is Nc1nc2c(ncn2/C=C2/C[C@]2(CO)CO[P+](=O)Oc2ccccc2)c(=O)[nH]1. The number of rotatable bonds is 7. The second kappa shape index (κ2) is 7.16. The lowest BCUT2D eigenvalue weighted by atomic mass is 10.1. The molecule has 1 aromatic carbocycles. The lowest BCUT2D eigenvalue weighted by Gasteiger charge is -2.06. The van der Waals surface area contributed by atoms with Gasteiger partial charge in [-0.05, 0) is 24.1 Å². The minimum absolute atomic E-state index is 0.0136. The summed E-state index contributed by atoms with van der Waals surface area (Å²) in [6.07, 6.45) is 3.70. The highest BCUT2D eigenvalue weighted by molar-refractivity contribution is 7.33. The summed E-state index contributed by atoms with van der Waals surface area (Å²) in [6.45, 7) is -0.156. The van der Waals surface area contributed by atoms with Gasteiger partial charge in [0.25, 0.3) is 5.56 Å². The van der Waals surface area contributed by atoms with Crippen LogP contribution in [0.15, 0.2) is 47.0 Å². The fourth-order valence-corrected chi connectivity index (χ4v) is 3.52. The van der Waals surface area contributed by atoms with E-state index < -0.39 is 19.2 Å². The summed E-state index contributed by atoms with van der Waals surface area (Å²) in [7, 11) is -2.37. The van der Waals surface area contributed by atoms with Crippen molar-refractivity contribution in [3.63, 3.8) is 0 Å². The van der Waals surface area contributed by atoms with Crippen LogP contribution >= 0.6 is 8.25 Å². The van der Waals surface area contributed by atoms with Gasteiger partial charge in [0, 0.05) is 16.2 Å². The molecule has 1 fully saturated rings. The summed E-state index contributed by atoms with van der Waals surface area (Å²) in [5.74, 6) is 0.423. The van der Waals surface area contributed by atoms with Crippen LogP contribution in [0.4, 0.5) is 5.95 Å². The highest BCUT2D eigenvalue weighted by Gasteiger charge is 2.51. The van der Waals surface area contributed by atoms with E-state index in [4.69, 9.17) is 14.8 Å². The lowest BCUT2D eigenvalue weighted by molar-refractivity contribution is 0.153. The summed E-state index contributed by atoms with van der Waals surface area (Å²) in [4.78, 5) is 22.4. The van der Waals surface area contributed by atoms with E-state index in [-0.39, 0.29) is 24.7 Å². The zero-order valence-electron chi connectivity index (χ0n) is 14.6. The highest BCUT2D eigenvalue weighted by Crippen LogP contribution is 2.53. The third kappa shape index (κ3) is 3.53. The average molecular weight is 402 g/mol. The number of fused-ring (bicyclic) bond motifs is 1. The maximum absolute atomic E-state index is 12.0. The first-order valence-electron chi connectivity index (χ1n) is 8.38. The molecule has 0 amide bonds. The molecule has 28 heavy (non-hydrogen) atoms. The summed E-state index contributed by atoms with van der Waals surface area (Å²) < 4.78 is 24.1. The Bertz CT molecular complexity index is 1130. The van der Waals surface area contributed by atoms with Crippen molar-refractivity contribution in [2.75, 3.05) is 18.9 Å². The van der Waals surface area contributed by atoms with Gasteiger partial charge in [-0.2, -0.15) is 4.98 Å². The minimum Gasteiger partial charge on any atom is -0.395 e. The van der Waals surface area contributed by atoms with Crippen LogP contribution in [0.1, 0.15) is 6.42 Å². The third-order valence-electron chi connectivity index (χ3n) is 4.50. The Labute approximate surface area is 159 Å². The second-order valence-electron chi connectivity index (χ2n) is 6.45. The number of hydrogen-bond acceptors (Lipinski definition) is 8. The normalized spacial score (nSPS) is 20.5. The van der Waals surface area contributed by atoms with Crippen molar-refractivity contribution in [1.29, 1.82) is 0 Å². The molecule has 0 aliphatic heterocycles. The first kappa shape index (κ1) is 18.3. The van der Waals surface area contributed by atoms with Crippen LogP contribution in [0.25, 0.3) is 17.4 Å². The number of nitrogen functional groups attached to an aromatic ring is 1. The number of benzene rings is 1. The first-order chi connectivity index (χ1) is 13.5. The Morgan fingerprint density at radius 2 is 2.18 bits per heavy atom. The zero-order valence-corrected chi connectivity index (χ0v) is 15.5. The number of aromatic amines is 1. The van der Waals surface area contributed by atoms with Crippen LogP contribution in [0.2, 0.25) is 0 Å². The maximum atomic E-state index is 12.0. The van der Waals surface area contributed by atoms with E-state index in [2.05, 4.69) is 15.0 Å². The van der Waals surface area contributed by atoms with Gasteiger partial charge in [0.05, 0.1) is 6.61 Å². The Morgan fingerprint density at radius 1 is 1.39 bits per heavy atom. The summed E-state index contributed by atoms with van der Waals surface area (Å²) >= 11 is 0. The molecule has 1 saturated carbocycles. The van der Waals surface area contributed by atoms with Gasteiger partial charge < -0.3 is 10.8 Å². The highest BCUT2D eigenvalue weighted by atomic mass is 31.1. The number of aliphatic hydroxyl groups is 1. The molecule has 11 heteroatoms. The number of imidazole rings is 1.